The number of rotatable bonds is 1. The number of nitrogens with zero attached hydrogens (tertiary/aromatic N) is 1. The number of amides is 1. The number of alkyl halides is 2. The van der Waals surface area contributed by atoms with Crippen molar-refractivity contribution in [3.05, 3.63) is 0 Å². The smallest absolute Gasteiger partial charge is 0.411 e. The Kier molecular flexibility index (Phi) is 3.42. The molecule has 0 aromatic rings. The van der Waals surface area contributed by atoms with E-state index in [1.54, 1.807) is 20.8 Å². The minimum absolute atomic E-state index is 0.119. The molecule has 0 radical (unpaired) electrons. The van der Waals surface area contributed by atoms with Crippen LogP contribution in [0.2, 0.25) is 0 Å². The number of carboxylic acid groups (broad SMARTS) is 1. The molecule has 0 aromatic carbocycles. The average Bonchev–Trinajstić information content (AvgIpc) is 2.74. The minimum Gasteiger partial charge on any atom is -0.480 e. The zero-order chi connectivity index (χ0) is 15.3. The van der Waals surface area contributed by atoms with Crippen LogP contribution in [0, 0.1) is 11.8 Å². The maximum Gasteiger partial charge on any atom is 0.411 e. The summed E-state index contributed by atoms with van der Waals surface area (Å²) < 4.78 is 32.6. The van der Waals surface area contributed by atoms with Crippen molar-refractivity contribution in [2.75, 3.05) is 6.54 Å². The number of hydrogen-bond acceptors (Lipinski definition) is 3. The molecule has 20 heavy (non-hydrogen) atoms. The van der Waals surface area contributed by atoms with Crippen molar-refractivity contribution in [2.45, 2.75) is 51.2 Å². The summed E-state index contributed by atoms with van der Waals surface area (Å²) in [5.74, 6) is -5.94. The van der Waals surface area contributed by atoms with E-state index in [1.165, 1.54) is 0 Å². The Labute approximate surface area is 115 Å². The first kappa shape index (κ1) is 15.0. The van der Waals surface area contributed by atoms with Crippen molar-refractivity contribution in [1.82, 2.24) is 4.90 Å². The van der Waals surface area contributed by atoms with E-state index in [4.69, 9.17) is 4.74 Å². The molecular weight excluding hydrogens is 272 g/mol. The Morgan fingerprint density at radius 3 is 2.45 bits per heavy atom. The second kappa shape index (κ2) is 4.56. The first-order chi connectivity index (χ1) is 9.03. The number of fused-ring (bicyclic) bond motifs is 1. The fraction of sp³-hybridized carbons (Fsp3) is 0.846. The van der Waals surface area contributed by atoms with E-state index in [1.807, 2.05) is 0 Å². The summed E-state index contributed by atoms with van der Waals surface area (Å²) in [6.07, 6.45) is -1.03. The monoisotopic (exact) mass is 291 g/mol. The van der Waals surface area contributed by atoms with Crippen molar-refractivity contribution < 1.29 is 28.2 Å². The molecule has 3 atom stereocenters. The number of aliphatic carboxylic acids is 1. The Hall–Kier alpha value is -1.40. The summed E-state index contributed by atoms with van der Waals surface area (Å²) in [4.78, 5) is 24.3. The van der Waals surface area contributed by atoms with Crippen LogP contribution >= 0.6 is 0 Å². The number of carboxylic acids is 1. The highest BCUT2D eigenvalue weighted by atomic mass is 19.3. The van der Waals surface area contributed by atoms with Crippen LogP contribution < -0.4 is 0 Å². The highest BCUT2D eigenvalue weighted by Gasteiger charge is 2.61. The second-order valence-electron chi connectivity index (χ2n) is 6.49. The van der Waals surface area contributed by atoms with E-state index < -0.39 is 41.5 Å². The van der Waals surface area contributed by atoms with Crippen molar-refractivity contribution >= 4 is 12.1 Å². The summed E-state index contributed by atoms with van der Waals surface area (Å²) >= 11 is 0. The van der Waals surface area contributed by atoms with Crippen LogP contribution in [0.1, 0.15) is 33.6 Å². The standard InChI is InChI=1S/C13H19F2NO4/c1-12(2,3)20-11(19)16-6-8-7(9(16)10(17)18)4-5-13(8,14)15/h7-9H,4-6H2,1-3H3,(H,17,18)/t7-,8-,9-/m1/s1. The molecule has 0 aromatic heterocycles. The zero-order valence-electron chi connectivity index (χ0n) is 11.7. The SMILES string of the molecule is CC(C)(C)OC(=O)N1C[C@@H]2[C@@H](CCC2(F)F)[C@@H]1C(=O)O. The summed E-state index contributed by atoms with van der Waals surface area (Å²) in [5, 5.41) is 9.25. The molecule has 1 aliphatic heterocycles. The van der Waals surface area contributed by atoms with Gasteiger partial charge in [-0.15, -0.1) is 0 Å². The molecule has 0 bridgehead atoms. The first-order valence-electron chi connectivity index (χ1n) is 6.63. The maximum absolute atomic E-state index is 13.7. The molecule has 1 saturated heterocycles. The molecule has 2 rings (SSSR count). The van der Waals surface area contributed by atoms with E-state index in [-0.39, 0.29) is 19.4 Å². The van der Waals surface area contributed by atoms with Gasteiger partial charge in [-0.1, -0.05) is 0 Å². The van der Waals surface area contributed by atoms with Gasteiger partial charge in [-0.05, 0) is 27.2 Å². The molecule has 2 fully saturated rings. The van der Waals surface area contributed by atoms with Gasteiger partial charge in [-0.2, -0.15) is 0 Å². The fourth-order valence-electron chi connectivity index (χ4n) is 3.09. The molecule has 1 aliphatic carbocycles. The largest absolute Gasteiger partial charge is 0.480 e. The van der Waals surface area contributed by atoms with Gasteiger partial charge in [0.05, 0.1) is 0 Å². The third kappa shape index (κ3) is 2.58. The van der Waals surface area contributed by atoms with Gasteiger partial charge in [-0.3, -0.25) is 4.90 Å². The van der Waals surface area contributed by atoms with E-state index in [0.29, 0.717) is 0 Å². The van der Waals surface area contributed by atoms with Gasteiger partial charge in [0, 0.05) is 24.8 Å². The number of carbonyl (C=O) groups is 2. The van der Waals surface area contributed by atoms with Crippen molar-refractivity contribution in [3.63, 3.8) is 0 Å². The summed E-state index contributed by atoms with van der Waals surface area (Å²) in [6, 6.07) is -1.22. The maximum atomic E-state index is 13.7. The predicted octanol–water partition coefficient (Wildman–Crippen LogP) is 2.35. The Balaban J connectivity index is 2.21. The molecule has 2 aliphatic rings. The van der Waals surface area contributed by atoms with Gasteiger partial charge in [0.15, 0.2) is 0 Å². The quantitative estimate of drug-likeness (QED) is 0.805. The Bertz CT molecular complexity index is 433. The first-order valence-corrected chi connectivity index (χ1v) is 6.63. The van der Waals surface area contributed by atoms with Gasteiger partial charge in [0.2, 0.25) is 0 Å². The summed E-state index contributed by atoms with van der Waals surface area (Å²) in [7, 11) is 0. The van der Waals surface area contributed by atoms with Gasteiger partial charge in [0.1, 0.15) is 11.6 Å². The predicted molar refractivity (Wildman–Crippen MR) is 65.5 cm³/mol. The Morgan fingerprint density at radius 1 is 1.35 bits per heavy atom. The lowest BCUT2D eigenvalue weighted by Crippen LogP contribution is -2.45. The number of likely N-dealkylation sites (tertiary alicyclic amines) is 1. The van der Waals surface area contributed by atoms with Crippen LogP contribution in [0.4, 0.5) is 13.6 Å². The zero-order valence-corrected chi connectivity index (χ0v) is 11.7. The molecular formula is C13H19F2NO4. The number of halogens is 2. The molecule has 1 amide bonds. The number of hydrogen-bond donors (Lipinski definition) is 1. The highest BCUT2D eigenvalue weighted by Crippen LogP contribution is 2.51. The highest BCUT2D eigenvalue weighted by molar-refractivity contribution is 5.81. The lowest BCUT2D eigenvalue weighted by molar-refractivity contribution is -0.143. The van der Waals surface area contributed by atoms with Crippen molar-refractivity contribution in [1.29, 1.82) is 0 Å². The van der Waals surface area contributed by atoms with Crippen LogP contribution in [0.15, 0.2) is 0 Å². The lowest BCUT2D eigenvalue weighted by Gasteiger charge is -2.28. The van der Waals surface area contributed by atoms with Crippen LogP contribution in [0.25, 0.3) is 0 Å². The van der Waals surface area contributed by atoms with Crippen molar-refractivity contribution in [3.8, 4) is 0 Å². The molecule has 0 spiro atoms. The van der Waals surface area contributed by atoms with Crippen LogP contribution in [0.3, 0.4) is 0 Å². The minimum atomic E-state index is -2.91. The second-order valence-corrected chi connectivity index (χ2v) is 6.49. The third-order valence-corrected chi connectivity index (χ3v) is 3.89. The fourth-order valence-corrected chi connectivity index (χ4v) is 3.09. The van der Waals surface area contributed by atoms with Gasteiger partial charge >= 0.3 is 12.1 Å². The van der Waals surface area contributed by atoms with Gasteiger partial charge in [0.25, 0.3) is 5.92 Å². The summed E-state index contributed by atoms with van der Waals surface area (Å²) in [6.45, 7) is 4.67. The molecule has 1 saturated carbocycles. The normalized spacial score (nSPS) is 32.0. The lowest BCUT2D eigenvalue weighted by atomic mass is 9.93. The summed E-state index contributed by atoms with van der Waals surface area (Å²) in [5.41, 5.74) is -0.791. The average molecular weight is 291 g/mol. The topological polar surface area (TPSA) is 66.8 Å². The van der Waals surface area contributed by atoms with Gasteiger partial charge < -0.3 is 9.84 Å². The van der Waals surface area contributed by atoms with Crippen LogP contribution in [-0.4, -0.2) is 46.2 Å². The van der Waals surface area contributed by atoms with Crippen LogP contribution in [-0.2, 0) is 9.53 Å². The molecule has 1 heterocycles. The molecule has 7 heteroatoms. The third-order valence-electron chi connectivity index (χ3n) is 3.89. The molecule has 1 N–H and O–H groups in total. The van der Waals surface area contributed by atoms with E-state index in [0.717, 1.165) is 4.90 Å². The van der Waals surface area contributed by atoms with Gasteiger partial charge in [-0.25, -0.2) is 18.4 Å². The molecule has 5 nitrogen and oxygen atoms in total. The van der Waals surface area contributed by atoms with E-state index in [9.17, 15) is 23.5 Å². The van der Waals surface area contributed by atoms with E-state index >= 15 is 0 Å². The Morgan fingerprint density at radius 2 is 1.95 bits per heavy atom. The number of carbonyl (C=O) groups excluding carboxylic acids is 1. The van der Waals surface area contributed by atoms with Crippen LogP contribution in [0.5, 0.6) is 0 Å². The number of ether oxygens (including phenoxy) is 1. The van der Waals surface area contributed by atoms with Crippen molar-refractivity contribution in [2.24, 2.45) is 11.8 Å². The molecule has 114 valence electrons. The van der Waals surface area contributed by atoms with E-state index in [2.05, 4.69) is 0 Å². The molecule has 0 unspecified atom stereocenters.